The Morgan fingerprint density at radius 1 is 0.962 bits per heavy atom. The number of H-pyrrole nitrogens is 1. The number of nitrogens with zero attached hydrogens (tertiary/aromatic N) is 3. The Kier molecular flexibility index (Phi) is 3.70. The minimum absolute atomic E-state index is 0.0814. The van der Waals surface area contributed by atoms with Crippen LogP contribution in [-0.4, -0.2) is 36.3 Å². The van der Waals surface area contributed by atoms with E-state index < -0.39 is 0 Å². The van der Waals surface area contributed by atoms with Crippen LogP contribution in [0.25, 0.3) is 22.4 Å². The van der Waals surface area contributed by atoms with Gasteiger partial charge in [0, 0.05) is 11.1 Å². The third kappa shape index (κ3) is 2.91. The van der Waals surface area contributed by atoms with Crippen molar-refractivity contribution < 1.29 is 15.0 Å². The summed E-state index contributed by atoms with van der Waals surface area (Å²) in [5.41, 5.74) is 2.53. The number of fused-ring (bicyclic) bond motifs is 1. The molecular weight excluding hydrogens is 334 g/mol. The lowest BCUT2D eigenvalue weighted by molar-refractivity contribution is 0.102. The molecule has 4 aromatic rings. The normalized spacial score (nSPS) is 10.8. The molecule has 8 heteroatoms. The topological polar surface area (TPSA) is 124 Å². The quantitative estimate of drug-likeness (QED) is 0.452. The van der Waals surface area contributed by atoms with E-state index in [-0.39, 0.29) is 17.4 Å². The molecule has 0 fully saturated rings. The van der Waals surface area contributed by atoms with Crippen molar-refractivity contribution >= 4 is 22.9 Å². The molecule has 2 aromatic heterocycles. The van der Waals surface area contributed by atoms with Gasteiger partial charge in [0.1, 0.15) is 11.5 Å². The van der Waals surface area contributed by atoms with Gasteiger partial charge < -0.3 is 15.5 Å². The van der Waals surface area contributed by atoms with E-state index in [0.717, 1.165) is 5.56 Å². The zero-order valence-corrected chi connectivity index (χ0v) is 13.3. The largest absolute Gasteiger partial charge is 0.508 e. The van der Waals surface area contributed by atoms with Gasteiger partial charge in [-0.15, -0.1) is 0 Å². The first-order chi connectivity index (χ1) is 12.6. The number of amides is 1. The Labute approximate surface area is 147 Å². The fourth-order valence-corrected chi connectivity index (χ4v) is 2.45. The second-order valence-corrected chi connectivity index (χ2v) is 5.57. The van der Waals surface area contributed by atoms with Gasteiger partial charge in [0.2, 0.25) is 5.65 Å². The number of phenolic OH excluding ortho intramolecular Hbond substituents is 2. The van der Waals surface area contributed by atoms with Crippen molar-refractivity contribution in [3.63, 3.8) is 0 Å². The van der Waals surface area contributed by atoms with Crippen molar-refractivity contribution in [1.82, 2.24) is 20.2 Å². The summed E-state index contributed by atoms with van der Waals surface area (Å²) < 4.78 is 0. The van der Waals surface area contributed by atoms with Crippen LogP contribution in [0.4, 0.5) is 5.82 Å². The third-order valence-corrected chi connectivity index (χ3v) is 3.79. The molecule has 4 rings (SSSR count). The summed E-state index contributed by atoms with van der Waals surface area (Å²) in [4.78, 5) is 21.1. The number of aromatic hydroxyl groups is 2. The Bertz CT molecular complexity index is 1090. The molecule has 2 aromatic carbocycles. The summed E-state index contributed by atoms with van der Waals surface area (Å²) in [7, 11) is 0. The molecule has 0 bridgehead atoms. The summed E-state index contributed by atoms with van der Waals surface area (Å²) >= 11 is 0. The van der Waals surface area contributed by atoms with Gasteiger partial charge in [-0.1, -0.05) is 0 Å². The number of hydrogen-bond donors (Lipinski definition) is 4. The van der Waals surface area contributed by atoms with Crippen molar-refractivity contribution in [3.8, 4) is 22.8 Å². The van der Waals surface area contributed by atoms with Crippen molar-refractivity contribution in [2.75, 3.05) is 5.32 Å². The molecule has 1 amide bonds. The summed E-state index contributed by atoms with van der Waals surface area (Å²) in [5, 5.41) is 28.2. The SMILES string of the molecule is O=C(Nc1[nH]nc2ncc(-c3ccc(O)cc3)nc12)c1ccc(O)cc1. The second-order valence-electron chi connectivity index (χ2n) is 5.57. The lowest BCUT2D eigenvalue weighted by atomic mass is 10.1. The maximum Gasteiger partial charge on any atom is 0.256 e. The molecule has 0 spiro atoms. The van der Waals surface area contributed by atoms with Crippen LogP contribution in [0.5, 0.6) is 11.5 Å². The molecular formula is C18H13N5O3. The summed E-state index contributed by atoms with van der Waals surface area (Å²) in [6.45, 7) is 0. The number of rotatable bonds is 3. The fourth-order valence-electron chi connectivity index (χ4n) is 2.45. The van der Waals surface area contributed by atoms with Crippen LogP contribution in [0.2, 0.25) is 0 Å². The molecule has 26 heavy (non-hydrogen) atoms. The number of anilines is 1. The van der Waals surface area contributed by atoms with Crippen molar-refractivity contribution in [1.29, 1.82) is 0 Å². The highest BCUT2D eigenvalue weighted by Gasteiger charge is 2.14. The van der Waals surface area contributed by atoms with Gasteiger partial charge in [0.05, 0.1) is 11.9 Å². The summed E-state index contributed by atoms with van der Waals surface area (Å²) in [5.74, 6) is 0.199. The number of aromatic nitrogens is 4. The third-order valence-electron chi connectivity index (χ3n) is 3.79. The summed E-state index contributed by atoms with van der Waals surface area (Å²) in [6.07, 6.45) is 1.57. The molecule has 4 N–H and O–H groups in total. The standard InChI is InChI=1S/C18H13N5O3/c24-12-5-1-10(2-6-12)14-9-19-16-15(20-14)17(23-22-16)21-18(26)11-3-7-13(25)8-4-11/h1-9,24-25H,(H2,19,21,22,23,26). The number of carbonyl (C=O) groups excluding carboxylic acids is 1. The minimum atomic E-state index is -0.368. The molecule has 0 aliphatic heterocycles. The number of aromatic amines is 1. The minimum Gasteiger partial charge on any atom is -0.508 e. The molecule has 8 nitrogen and oxygen atoms in total. The Morgan fingerprint density at radius 3 is 2.31 bits per heavy atom. The van der Waals surface area contributed by atoms with Crippen molar-refractivity contribution in [2.45, 2.75) is 0 Å². The van der Waals surface area contributed by atoms with Crippen molar-refractivity contribution in [2.24, 2.45) is 0 Å². The average Bonchev–Trinajstić information content (AvgIpc) is 3.05. The lowest BCUT2D eigenvalue weighted by Gasteiger charge is -2.04. The predicted molar refractivity (Wildman–Crippen MR) is 94.8 cm³/mol. The Balaban J connectivity index is 1.67. The van der Waals surface area contributed by atoms with E-state index >= 15 is 0 Å². The van der Waals surface area contributed by atoms with Gasteiger partial charge in [-0.3, -0.25) is 9.89 Å². The van der Waals surface area contributed by atoms with E-state index in [1.165, 1.54) is 24.3 Å². The van der Waals surface area contributed by atoms with Crippen LogP contribution in [0, 0.1) is 0 Å². The number of phenols is 2. The van der Waals surface area contributed by atoms with Crippen molar-refractivity contribution in [3.05, 3.63) is 60.3 Å². The first kappa shape index (κ1) is 15.6. The van der Waals surface area contributed by atoms with Gasteiger partial charge in [0.15, 0.2) is 11.3 Å². The molecule has 0 radical (unpaired) electrons. The average molecular weight is 347 g/mol. The van der Waals surface area contributed by atoms with Gasteiger partial charge in [0.25, 0.3) is 5.91 Å². The highest BCUT2D eigenvalue weighted by atomic mass is 16.3. The maximum absolute atomic E-state index is 12.3. The van der Waals surface area contributed by atoms with E-state index in [2.05, 4.69) is 25.5 Å². The van der Waals surface area contributed by atoms with Crippen LogP contribution in [-0.2, 0) is 0 Å². The molecule has 0 saturated carbocycles. The molecule has 2 heterocycles. The van der Waals surface area contributed by atoms with E-state index in [1.54, 1.807) is 30.5 Å². The van der Waals surface area contributed by atoms with Gasteiger partial charge in [-0.05, 0) is 48.5 Å². The Morgan fingerprint density at radius 2 is 1.62 bits per heavy atom. The van der Waals surface area contributed by atoms with E-state index in [9.17, 15) is 15.0 Å². The first-order valence-corrected chi connectivity index (χ1v) is 7.71. The van der Waals surface area contributed by atoms with E-state index in [1.807, 2.05) is 0 Å². The van der Waals surface area contributed by atoms with Crippen LogP contribution >= 0.6 is 0 Å². The molecule has 0 saturated heterocycles. The van der Waals surface area contributed by atoms with E-state index in [0.29, 0.717) is 28.2 Å². The molecule has 0 unspecified atom stereocenters. The first-order valence-electron chi connectivity index (χ1n) is 7.71. The highest BCUT2D eigenvalue weighted by molar-refractivity contribution is 6.06. The van der Waals surface area contributed by atoms with Crippen LogP contribution < -0.4 is 5.32 Å². The predicted octanol–water partition coefficient (Wildman–Crippen LogP) is 2.68. The number of benzene rings is 2. The Hall–Kier alpha value is -3.94. The smallest absolute Gasteiger partial charge is 0.256 e. The van der Waals surface area contributed by atoms with Crippen LogP contribution in [0.15, 0.2) is 54.7 Å². The zero-order chi connectivity index (χ0) is 18.1. The molecule has 128 valence electrons. The van der Waals surface area contributed by atoms with Crippen LogP contribution in [0.1, 0.15) is 10.4 Å². The maximum atomic E-state index is 12.3. The van der Waals surface area contributed by atoms with Gasteiger partial charge in [-0.2, -0.15) is 5.10 Å². The number of carbonyl (C=O) groups is 1. The molecule has 0 aliphatic rings. The number of nitrogens with one attached hydrogen (secondary N) is 2. The lowest BCUT2D eigenvalue weighted by Crippen LogP contribution is -2.12. The highest BCUT2D eigenvalue weighted by Crippen LogP contribution is 2.24. The molecule has 0 atom stereocenters. The van der Waals surface area contributed by atoms with E-state index in [4.69, 9.17) is 0 Å². The summed E-state index contributed by atoms with van der Waals surface area (Å²) in [6, 6.07) is 12.5. The number of hydrogen-bond acceptors (Lipinski definition) is 6. The zero-order valence-electron chi connectivity index (χ0n) is 13.3. The van der Waals surface area contributed by atoms with Crippen LogP contribution in [0.3, 0.4) is 0 Å². The second kappa shape index (κ2) is 6.17. The van der Waals surface area contributed by atoms with Gasteiger partial charge in [-0.25, -0.2) is 9.97 Å². The molecule has 0 aliphatic carbocycles. The fraction of sp³-hybridized carbons (Fsp3) is 0. The van der Waals surface area contributed by atoms with Gasteiger partial charge >= 0.3 is 0 Å². The monoisotopic (exact) mass is 347 g/mol.